The minimum atomic E-state index is -1.29. The van der Waals surface area contributed by atoms with Crippen molar-refractivity contribution in [1.82, 2.24) is 0 Å². The molecule has 0 saturated carbocycles. The van der Waals surface area contributed by atoms with Crippen LogP contribution in [0.2, 0.25) is 0 Å². The Morgan fingerprint density at radius 3 is 1.13 bits per heavy atom. The highest BCUT2D eigenvalue weighted by molar-refractivity contribution is 5.90. The van der Waals surface area contributed by atoms with Gasteiger partial charge in [0.2, 0.25) is 0 Å². The fourth-order valence-corrected chi connectivity index (χ4v) is 4.68. The highest BCUT2D eigenvalue weighted by atomic mass is 16.4. The fourth-order valence-electron chi connectivity index (χ4n) is 4.68. The number of hydrogen-bond donors (Lipinski definition) is 4. The molecule has 0 aliphatic rings. The number of carboxylic acids is 4. The third kappa shape index (κ3) is 5.01. The Hall–Kier alpha value is -5.24. The van der Waals surface area contributed by atoms with Crippen LogP contribution in [-0.4, -0.2) is 44.3 Å². The zero-order valence-corrected chi connectivity index (χ0v) is 19.9. The summed E-state index contributed by atoms with van der Waals surface area (Å²) < 4.78 is 0. The predicted molar refractivity (Wildman–Crippen MR) is 137 cm³/mol. The minimum absolute atomic E-state index is 0.0186. The summed E-state index contributed by atoms with van der Waals surface area (Å²) in [5, 5.41) is 38.7. The first-order valence-corrected chi connectivity index (χ1v) is 11.5. The van der Waals surface area contributed by atoms with Crippen molar-refractivity contribution in [1.29, 1.82) is 0 Å². The maximum atomic E-state index is 11.9. The van der Waals surface area contributed by atoms with E-state index in [4.69, 9.17) is 0 Å². The van der Waals surface area contributed by atoms with E-state index >= 15 is 0 Å². The summed E-state index contributed by atoms with van der Waals surface area (Å²) in [4.78, 5) is 47.4. The Kier molecular flexibility index (Phi) is 7.07. The molecule has 0 heterocycles. The molecule has 0 aliphatic heterocycles. The monoisotopic (exact) mass is 510 g/mol. The van der Waals surface area contributed by atoms with Crippen LogP contribution in [-0.2, 0) is 11.8 Å². The number of carbonyl (C=O) groups is 4. The van der Waals surface area contributed by atoms with Crippen LogP contribution < -0.4 is 0 Å². The van der Waals surface area contributed by atoms with E-state index in [9.17, 15) is 39.6 Å². The van der Waals surface area contributed by atoms with Crippen molar-refractivity contribution in [2.45, 2.75) is 11.8 Å². The second kappa shape index (κ2) is 10.4. The Bertz CT molecular complexity index is 1430. The average Bonchev–Trinajstić information content (AvgIpc) is 2.92. The summed E-state index contributed by atoms with van der Waals surface area (Å²) in [6, 6.07) is 24.6. The van der Waals surface area contributed by atoms with Crippen LogP contribution in [0.5, 0.6) is 0 Å². The number of aromatic carboxylic acids is 4. The Morgan fingerprint density at radius 2 is 0.789 bits per heavy atom. The lowest BCUT2D eigenvalue weighted by Crippen LogP contribution is -2.33. The van der Waals surface area contributed by atoms with Crippen LogP contribution in [0.4, 0.5) is 0 Å². The van der Waals surface area contributed by atoms with Gasteiger partial charge in [-0.15, -0.1) is 0 Å². The van der Waals surface area contributed by atoms with Gasteiger partial charge < -0.3 is 20.4 Å². The number of carboxylic acid groups (broad SMARTS) is 4. The molecule has 4 aromatic carbocycles. The first kappa shape index (κ1) is 25.8. The summed E-state index contributed by atoms with van der Waals surface area (Å²) in [7, 11) is 0. The standard InChI is InChI=1S/C30H22O8/c31-26(32)19-6-1-5-18(13-19)17-30(23-10-2-7-20(14-23)27(33)34,24-11-3-8-21(15-24)28(35)36)25-12-4-9-22(16-25)29(37)38/h1-16H,17H2,(H,31,32)(H,33,34)(H,35,36)(H,37,38). The molecule has 0 saturated heterocycles. The second-order valence-corrected chi connectivity index (χ2v) is 8.75. The number of rotatable bonds is 9. The molecule has 0 spiro atoms. The highest BCUT2D eigenvalue weighted by Crippen LogP contribution is 2.43. The van der Waals surface area contributed by atoms with E-state index in [-0.39, 0.29) is 28.7 Å². The van der Waals surface area contributed by atoms with Gasteiger partial charge in [0, 0.05) is 5.41 Å². The van der Waals surface area contributed by atoms with Crippen molar-refractivity contribution in [2.75, 3.05) is 0 Å². The van der Waals surface area contributed by atoms with E-state index in [1.165, 1.54) is 48.5 Å². The van der Waals surface area contributed by atoms with Crippen molar-refractivity contribution in [3.05, 3.63) is 142 Å². The van der Waals surface area contributed by atoms with Crippen LogP contribution >= 0.6 is 0 Å². The van der Waals surface area contributed by atoms with Crippen LogP contribution in [0.3, 0.4) is 0 Å². The molecule has 0 aliphatic carbocycles. The summed E-state index contributed by atoms with van der Waals surface area (Å²) in [5.41, 5.74) is 0.634. The Labute approximate surface area is 217 Å². The number of benzene rings is 4. The second-order valence-electron chi connectivity index (χ2n) is 8.75. The molecule has 8 heteroatoms. The summed E-state index contributed by atoms with van der Waals surface area (Å²) in [6.45, 7) is 0. The van der Waals surface area contributed by atoms with Gasteiger partial charge in [0.15, 0.2) is 0 Å². The normalized spacial score (nSPS) is 11.1. The highest BCUT2D eigenvalue weighted by Gasteiger charge is 2.38. The van der Waals surface area contributed by atoms with E-state index in [0.29, 0.717) is 22.3 Å². The molecule has 8 nitrogen and oxygen atoms in total. The van der Waals surface area contributed by atoms with Gasteiger partial charge in [-0.05, 0) is 77.2 Å². The maximum Gasteiger partial charge on any atom is 0.335 e. The molecule has 0 aromatic heterocycles. The van der Waals surface area contributed by atoms with Gasteiger partial charge in [0.1, 0.15) is 0 Å². The quantitative estimate of drug-likeness (QED) is 0.228. The lowest BCUT2D eigenvalue weighted by molar-refractivity contribution is 0.0685. The SMILES string of the molecule is O=C(O)c1cccc(CC(c2cccc(C(=O)O)c2)(c2cccc(C(=O)O)c2)c2cccc(C(=O)O)c2)c1. The summed E-state index contributed by atoms with van der Waals surface area (Å²) in [5.74, 6) is -4.65. The lowest BCUT2D eigenvalue weighted by atomic mass is 9.65. The predicted octanol–water partition coefficient (Wildman–Crippen LogP) is 5.06. The van der Waals surface area contributed by atoms with Gasteiger partial charge >= 0.3 is 23.9 Å². The molecule has 0 fully saturated rings. The van der Waals surface area contributed by atoms with Gasteiger partial charge in [0.05, 0.1) is 22.3 Å². The smallest absolute Gasteiger partial charge is 0.335 e. The van der Waals surface area contributed by atoms with Crippen molar-refractivity contribution in [2.24, 2.45) is 0 Å². The molecule has 0 atom stereocenters. The van der Waals surface area contributed by atoms with Crippen LogP contribution in [0.25, 0.3) is 0 Å². The van der Waals surface area contributed by atoms with Crippen LogP contribution in [0.15, 0.2) is 97.1 Å². The average molecular weight is 510 g/mol. The zero-order valence-electron chi connectivity index (χ0n) is 19.9. The van der Waals surface area contributed by atoms with Crippen molar-refractivity contribution >= 4 is 23.9 Å². The molecule has 0 unspecified atom stereocenters. The largest absolute Gasteiger partial charge is 0.478 e. The molecule has 4 N–H and O–H groups in total. The Morgan fingerprint density at radius 1 is 0.474 bits per heavy atom. The van der Waals surface area contributed by atoms with Crippen LogP contribution in [0, 0.1) is 0 Å². The molecule has 190 valence electrons. The molecular weight excluding hydrogens is 488 g/mol. The topological polar surface area (TPSA) is 149 Å². The molecular formula is C30H22O8. The fraction of sp³-hybridized carbons (Fsp3) is 0.0667. The van der Waals surface area contributed by atoms with E-state index in [2.05, 4.69) is 0 Å². The molecule has 0 amide bonds. The third-order valence-corrected chi connectivity index (χ3v) is 6.45. The molecule has 4 rings (SSSR count). The first-order valence-electron chi connectivity index (χ1n) is 11.5. The molecule has 0 radical (unpaired) electrons. The zero-order chi connectivity index (χ0) is 27.4. The van der Waals surface area contributed by atoms with Crippen LogP contribution in [0.1, 0.15) is 63.7 Å². The van der Waals surface area contributed by atoms with E-state index < -0.39 is 29.3 Å². The first-order chi connectivity index (χ1) is 18.1. The summed E-state index contributed by atoms with van der Waals surface area (Å²) in [6.07, 6.45) is 0.0728. The minimum Gasteiger partial charge on any atom is -0.478 e. The van der Waals surface area contributed by atoms with Gasteiger partial charge in [-0.1, -0.05) is 48.5 Å². The molecule has 0 bridgehead atoms. The van der Waals surface area contributed by atoms with Gasteiger partial charge in [-0.3, -0.25) is 0 Å². The van der Waals surface area contributed by atoms with Crippen molar-refractivity contribution in [3.8, 4) is 0 Å². The molecule has 4 aromatic rings. The van der Waals surface area contributed by atoms with Gasteiger partial charge in [-0.25, -0.2) is 19.2 Å². The third-order valence-electron chi connectivity index (χ3n) is 6.45. The van der Waals surface area contributed by atoms with Gasteiger partial charge in [0.25, 0.3) is 0 Å². The molecule has 38 heavy (non-hydrogen) atoms. The summed E-state index contributed by atoms with van der Waals surface area (Å²) >= 11 is 0. The van der Waals surface area contributed by atoms with Crippen molar-refractivity contribution in [3.63, 3.8) is 0 Å². The van der Waals surface area contributed by atoms with E-state index in [1.54, 1.807) is 48.5 Å². The maximum absolute atomic E-state index is 11.9. The van der Waals surface area contributed by atoms with E-state index in [0.717, 1.165) is 0 Å². The number of hydrogen-bond acceptors (Lipinski definition) is 4. The van der Waals surface area contributed by atoms with E-state index in [1.807, 2.05) is 0 Å². The van der Waals surface area contributed by atoms with Gasteiger partial charge in [-0.2, -0.15) is 0 Å². The lowest BCUT2D eigenvalue weighted by Gasteiger charge is -2.37. The Balaban J connectivity index is 2.13. The van der Waals surface area contributed by atoms with Crippen molar-refractivity contribution < 1.29 is 39.6 Å².